The molecule has 160 valence electrons. The average Bonchev–Trinajstić information content (AvgIpc) is 2.67. The number of rotatable bonds is 6. The SMILES string of the molecule is CC(=O)NCC1CCN(CC(=O)Nc2ccc(N3CC(C)OC(C)C3)cc2)CC1. The van der Waals surface area contributed by atoms with E-state index in [2.05, 4.69) is 46.4 Å². The molecule has 2 aliphatic rings. The number of anilines is 2. The van der Waals surface area contributed by atoms with Gasteiger partial charge in [0.1, 0.15) is 0 Å². The van der Waals surface area contributed by atoms with Gasteiger partial charge >= 0.3 is 0 Å². The number of nitrogens with zero attached hydrogens (tertiary/aromatic N) is 2. The summed E-state index contributed by atoms with van der Waals surface area (Å²) >= 11 is 0. The fourth-order valence-corrected chi connectivity index (χ4v) is 4.18. The van der Waals surface area contributed by atoms with Gasteiger partial charge in [-0.3, -0.25) is 14.5 Å². The molecule has 1 aromatic rings. The normalized spacial score (nSPS) is 23.6. The highest BCUT2D eigenvalue weighted by Gasteiger charge is 2.23. The van der Waals surface area contributed by atoms with Gasteiger partial charge in [-0.2, -0.15) is 0 Å². The van der Waals surface area contributed by atoms with Gasteiger partial charge in [0.05, 0.1) is 18.8 Å². The Hall–Kier alpha value is -2.12. The lowest BCUT2D eigenvalue weighted by Gasteiger charge is -2.36. The van der Waals surface area contributed by atoms with E-state index in [9.17, 15) is 9.59 Å². The van der Waals surface area contributed by atoms with Gasteiger partial charge in [-0.1, -0.05) is 0 Å². The minimum atomic E-state index is 0.0201. The Morgan fingerprint density at radius 2 is 1.69 bits per heavy atom. The van der Waals surface area contributed by atoms with Crippen LogP contribution in [0.2, 0.25) is 0 Å². The molecule has 3 rings (SSSR count). The Labute approximate surface area is 173 Å². The smallest absolute Gasteiger partial charge is 0.238 e. The summed E-state index contributed by atoms with van der Waals surface area (Å²) in [7, 11) is 0. The van der Waals surface area contributed by atoms with E-state index in [1.54, 1.807) is 6.92 Å². The Kier molecular flexibility index (Phi) is 7.50. The molecule has 2 saturated heterocycles. The highest BCUT2D eigenvalue weighted by molar-refractivity contribution is 5.92. The molecular formula is C22H34N4O3. The maximum atomic E-state index is 12.4. The number of amides is 2. The third kappa shape index (κ3) is 6.72. The molecule has 2 N–H and O–H groups in total. The Balaban J connectivity index is 1.42. The number of piperidine rings is 1. The molecule has 2 unspecified atom stereocenters. The van der Waals surface area contributed by atoms with Crippen LogP contribution in [0, 0.1) is 5.92 Å². The fraction of sp³-hybridized carbons (Fsp3) is 0.636. The number of ether oxygens (including phenoxy) is 1. The minimum absolute atomic E-state index is 0.0201. The standard InChI is InChI=1S/C22H34N4O3/c1-16-13-26(14-17(2)29-16)21-6-4-20(5-7-21)24-22(28)15-25-10-8-19(9-11-25)12-23-18(3)27/h4-7,16-17,19H,8-15H2,1-3H3,(H,23,27)(H,24,28). The van der Waals surface area contributed by atoms with Crippen LogP contribution in [-0.2, 0) is 14.3 Å². The van der Waals surface area contributed by atoms with Gasteiger partial charge in [0.2, 0.25) is 11.8 Å². The first-order valence-corrected chi connectivity index (χ1v) is 10.7. The average molecular weight is 403 g/mol. The van der Waals surface area contributed by atoms with E-state index in [0.717, 1.165) is 56.9 Å². The van der Waals surface area contributed by atoms with Crippen molar-refractivity contribution in [3.8, 4) is 0 Å². The molecule has 1 aromatic carbocycles. The van der Waals surface area contributed by atoms with Crippen LogP contribution in [0.15, 0.2) is 24.3 Å². The maximum absolute atomic E-state index is 12.4. The highest BCUT2D eigenvalue weighted by Crippen LogP contribution is 2.22. The van der Waals surface area contributed by atoms with E-state index in [-0.39, 0.29) is 24.0 Å². The van der Waals surface area contributed by atoms with Crippen molar-refractivity contribution in [1.29, 1.82) is 0 Å². The van der Waals surface area contributed by atoms with Crippen LogP contribution >= 0.6 is 0 Å². The summed E-state index contributed by atoms with van der Waals surface area (Å²) in [5.74, 6) is 0.554. The third-order valence-corrected chi connectivity index (χ3v) is 5.65. The van der Waals surface area contributed by atoms with E-state index in [4.69, 9.17) is 4.74 Å². The highest BCUT2D eigenvalue weighted by atomic mass is 16.5. The third-order valence-electron chi connectivity index (χ3n) is 5.65. The van der Waals surface area contributed by atoms with Crippen molar-refractivity contribution in [2.75, 3.05) is 49.5 Å². The van der Waals surface area contributed by atoms with E-state index in [1.807, 2.05) is 12.1 Å². The lowest BCUT2D eigenvalue weighted by molar-refractivity contribution is -0.119. The molecule has 0 aliphatic carbocycles. The molecule has 0 bridgehead atoms. The second-order valence-electron chi connectivity index (χ2n) is 8.41. The number of likely N-dealkylation sites (tertiary alicyclic amines) is 1. The number of morpholine rings is 1. The van der Waals surface area contributed by atoms with Crippen molar-refractivity contribution in [2.45, 2.75) is 45.8 Å². The zero-order valence-electron chi connectivity index (χ0n) is 17.8. The van der Waals surface area contributed by atoms with Gasteiger partial charge in [-0.15, -0.1) is 0 Å². The molecule has 7 nitrogen and oxygen atoms in total. The van der Waals surface area contributed by atoms with Crippen molar-refractivity contribution in [1.82, 2.24) is 10.2 Å². The Bertz CT molecular complexity index is 676. The second kappa shape index (κ2) is 10.1. The Morgan fingerprint density at radius 1 is 1.07 bits per heavy atom. The lowest BCUT2D eigenvalue weighted by atomic mass is 9.97. The van der Waals surface area contributed by atoms with Crippen molar-refractivity contribution < 1.29 is 14.3 Å². The number of carbonyl (C=O) groups is 2. The number of hydrogen-bond acceptors (Lipinski definition) is 5. The monoisotopic (exact) mass is 402 g/mol. The predicted molar refractivity (Wildman–Crippen MR) is 115 cm³/mol. The summed E-state index contributed by atoms with van der Waals surface area (Å²) in [6.45, 7) is 10.4. The molecule has 2 atom stereocenters. The topological polar surface area (TPSA) is 73.9 Å². The van der Waals surface area contributed by atoms with Gasteiger partial charge in [-0.05, 0) is 70.0 Å². The molecule has 2 heterocycles. The van der Waals surface area contributed by atoms with Crippen molar-refractivity contribution in [2.24, 2.45) is 5.92 Å². The number of hydrogen-bond donors (Lipinski definition) is 2. The molecule has 0 aromatic heterocycles. The van der Waals surface area contributed by atoms with Crippen LogP contribution < -0.4 is 15.5 Å². The zero-order valence-corrected chi connectivity index (χ0v) is 17.8. The molecular weight excluding hydrogens is 368 g/mol. The van der Waals surface area contributed by atoms with Crippen LogP contribution in [-0.4, -0.2) is 68.2 Å². The van der Waals surface area contributed by atoms with Gasteiger partial charge in [0.25, 0.3) is 0 Å². The van der Waals surface area contributed by atoms with Crippen LogP contribution in [0.3, 0.4) is 0 Å². The summed E-state index contributed by atoms with van der Waals surface area (Å²) in [6, 6.07) is 8.07. The number of carbonyl (C=O) groups excluding carboxylic acids is 2. The van der Waals surface area contributed by atoms with Crippen LogP contribution in [0.5, 0.6) is 0 Å². The molecule has 29 heavy (non-hydrogen) atoms. The maximum Gasteiger partial charge on any atom is 0.238 e. The molecule has 2 amide bonds. The van der Waals surface area contributed by atoms with E-state index in [0.29, 0.717) is 12.5 Å². The quantitative estimate of drug-likeness (QED) is 0.762. The second-order valence-corrected chi connectivity index (χ2v) is 8.41. The number of benzene rings is 1. The minimum Gasteiger partial charge on any atom is -0.372 e. The van der Waals surface area contributed by atoms with Gasteiger partial charge in [0, 0.05) is 37.9 Å². The van der Waals surface area contributed by atoms with Crippen molar-refractivity contribution in [3.05, 3.63) is 24.3 Å². The van der Waals surface area contributed by atoms with Gasteiger partial charge < -0.3 is 20.3 Å². The number of nitrogens with one attached hydrogen (secondary N) is 2. The molecule has 0 spiro atoms. The molecule has 0 saturated carbocycles. The fourth-order valence-electron chi connectivity index (χ4n) is 4.18. The zero-order chi connectivity index (χ0) is 20.8. The summed E-state index contributed by atoms with van der Waals surface area (Å²) in [5.41, 5.74) is 1.99. The van der Waals surface area contributed by atoms with E-state index in [1.165, 1.54) is 0 Å². The Morgan fingerprint density at radius 3 is 2.28 bits per heavy atom. The molecule has 0 radical (unpaired) electrons. The molecule has 7 heteroatoms. The predicted octanol–water partition coefficient (Wildman–Crippen LogP) is 2.09. The van der Waals surface area contributed by atoms with Crippen LogP contribution in [0.4, 0.5) is 11.4 Å². The van der Waals surface area contributed by atoms with Crippen LogP contribution in [0.1, 0.15) is 33.6 Å². The first-order chi connectivity index (χ1) is 13.9. The molecule has 2 aliphatic heterocycles. The van der Waals surface area contributed by atoms with E-state index >= 15 is 0 Å². The first kappa shape index (κ1) is 21.6. The van der Waals surface area contributed by atoms with Crippen molar-refractivity contribution in [3.63, 3.8) is 0 Å². The largest absolute Gasteiger partial charge is 0.372 e. The first-order valence-electron chi connectivity index (χ1n) is 10.7. The lowest BCUT2D eigenvalue weighted by Crippen LogP contribution is -2.45. The van der Waals surface area contributed by atoms with E-state index < -0.39 is 0 Å². The van der Waals surface area contributed by atoms with Gasteiger partial charge in [0.15, 0.2) is 0 Å². The summed E-state index contributed by atoms with van der Waals surface area (Å²) in [6.07, 6.45) is 2.47. The molecule has 2 fully saturated rings. The summed E-state index contributed by atoms with van der Waals surface area (Å²) in [5, 5.41) is 5.90. The van der Waals surface area contributed by atoms with Crippen molar-refractivity contribution >= 4 is 23.2 Å². The van der Waals surface area contributed by atoms with Gasteiger partial charge in [-0.25, -0.2) is 0 Å². The van der Waals surface area contributed by atoms with Crippen LogP contribution in [0.25, 0.3) is 0 Å². The summed E-state index contributed by atoms with van der Waals surface area (Å²) < 4.78 is 5.80. The summed E-state index contributed by atoms with van der Waals surface area (Å²) in [4.78, 5) is 28.0.